The smallest absolute Gasteiger partial charge is 0.309 e. The van der Waals surface area contributed by atoms with Gasteiger partial charge in [0.05, 0.1) is 29.5 Å². The summed E-state index contributed by atoms with van der Waals surface area (Å²) in [6.07, 6.45) is 4.17. The first kappa shape index (κ1) is 17.7. The zero-order chi connectivity index (χ0) is 18.2. The van der Waals surface area contributed by atoms with Crippen LogP contribution in [0.2, 0.25) is 0 Å². The summed E-state index contributed by atoms with van der Waals surface area (Å²) in [5.74, 6) is -0.885. The Balaban J connectivity index is 1.73. The first-order valence-corrected chi connectivity index (χ1v) is 8.41. The molecule has 3 aromatic rings. The number of aliphatic carboxylic acids is 1. The molecule has 0 aromatic carbocycles. The van der Waals surface area contributed by atoms with Gasteiger partial charge in [-0.25, -0.2) is 0 Å². The maximum absolute atomic E-state index is 10.9. The number of rotatable bonds is 8. The van der Waals surface area contributed by atoms with Crippen LogP contribution in [0, 0.1) is 0 Å². The number of hydrogen-bond donors (Lipinski definition) is 2. The Kier molecular flexibility index (Phi) is 6.01. The molecule has 0 bridgehead atoms. The Morgan fingerprint density at radius 3 is 2.35 bits per heavy atom. The summed E-state index contributed by atoms with van der Waals surface area (Å²) in [7, 11) is 0. The summed E-state index contributed by atoms with van der Waals surface area (Å²) >= 11 is 0. The lowest BCUT2D eigenvalue weighted by Crippen LogP contribution is -2.24. The number of carbonyl (C=O) groups is 1. The molecule has 0 radical (unpaired) electrons. The lowest BCUT2D eigenvalue weighted by Gasteiger charge is -2.18. The van der Waals surface area contributed by atoms with Crippen LogP contribution in [-0.4, -0.2) is 26.0 Å². The lowest BCUT2D eigenvalue weighted by atomic mass is 10.1. The van der Waals surface area contributed by atoms with Crippen molar-refractivity contribution >= 4 is 5.97 Å². The topological polar surface area (TPSA) is 88.0 Å². The van der Waals surface area contributed by atoms with Crippen molar-refractivity contribution in [3.63, 3.8) is 0 Å². The van der Waals surface area contributed by atoms with Gasteiger partial charge in [0.25, 0.3) is 0 Å². The van der Waals surface area contributed by atoms with Crippen LogP contribution >= 0.6 is 0 Å². The van der Waals surface area contributed by atoms with Crippen molar-refractivity contribution in [2.45, 2.75) is 25.4 Å². The van der Waals surface area contributed by atoms with E-state index in [2.05, 4.69) is 20.3 Å². The zero-order valence-electron chi connectivity index (χ0n) is 14.2. The van der Waals surface area contributed by atoms with E-state index in [1.807, 2.05) is 48.5 Å². The third kappa shape index (κ3) is 5.19. The molecule has 1 atom stereocenters. The van der Waals surface area contributed by atoms with E-state index in [1.165, 1.54) is 0 Å². The molecule has 3 heterocycles. The maximum atomic E-state index is 10.9. The average Bonchev–Trinajstić information content (AvgIpc) is 2.66. The molecule has 1 unspecified atom stereocenters. The highest BCUT2D eigenvalue weighted by Crippen LogP contribution is 2.16. The second-order valence-electron chi connectivity index (χ2n) is 5.90. The van der Waals surface area contributed by atoms with Crippen LogP contribution < -0.4 is 5.32 Å². The molecule has 0 aliphatic carbocycles. The number of carboxylic acid groups (broad SMARTS) is 1. The van der Waals surface area contributed by atoms with Crippen molar-refractivity contribution in [3.05, 3.63) is 89.8 Å². The van der Waals surface area contributed by atoms with E-state index in [9.17, 15) is 4.79 Å². The van der Waals surface area contributed by atoms with E-state index >= 15 is 0 Å². The fourth-order valence-corrected chi connectivity index (χ4v) is 2.70. The predicted molar refractivity (Wildman–Crippen MR) is 97.3 cm³/mol. The largest absolute Gasteiger partial charge is 0.481 e. The van der Waals surface area contributed by atoms with Crippen LogP contribution in [0.15, 0.2) is 67.0 Å². The van der Waals surface area contributed by atoms with Crippen LogP contribution in [0.5, 0.6) is 0 Å². The molecule has 0 fully saturated rings. The Morgan fingerprint density at radius 2 is 1.65 bits per heavy atom. The van der Waals surface area contributed by atoms with E-state index in [0.29, 0.717) is 18.7 Å². The molecule has 26 heavy (non-hydrogen) atoms. The van der Waals surface area contributed by atoms with Crippen molar-refractivity contribution in [1.82, 2.24) is 20.3 Å². The van der Waals surface area contributed by atoms with Crippen molar-refractivity contribution in [3.8, 4) is 0 Å². The molecule has 6 nitrogen and oxygen atoms in total. The van der Waals surface area contributed by atoms with Gasteiger partial charge in [-0.2, -0.15) is 0 Å². The molecule has 0 spiro atoms. The Hall–Kier alpha value is -3.12. The van der Waals surface area contributed by atoms with Gasteiger partial charge in [0, 0.05) is 31.1 Å². The van der Waals surface area contributed by atoms with Crippen LogP contribution in [0.3, 0.4) is 0 Å². The number of nitrogens with zero attached hydrogens (tertiary/aromatic N) is 3. The maximum Gasteiger partial charge on any atom is 0.309 e. The number of nitrogens with one attached hydrogen (secondary N) is 1. The Morgan fingerprint density at radius 1 is 0.923 bits per heavy atom. The van der Waals surface area contributed by atoms with E-state index in [-0.39, 0.29) is 12.5 Å². The summed E-state index contributed by atoms with van der Waals surface area (Å²) in [5.41, 5.74) is 3.25. The molecule has 132 valence electrons. The molecular weight excluding hydrogens is 328 g/mol. The monoisotopic (exact) mass is 348 g/mol. The van der Waals surface area contributed by atoms with Crippen molar-refractivity contribution in [1.29, 1.82) is 0 Å². The van der Waals surface area contributed by atoms with Gasteiger partial charge in [-0.1, -0.05) is 18.2 Å². The fourth-order valence-electron chi connectivity index (χ4n) is 2.70. The highest BCUT2D eigenvalue weighted by atomic mass is 16.4. The minimum Gasteiger partial charge on any atom is -0.481 e. The number of carboxylic acids is 1. The quantitative estimate of drug-likeness (QED) is 0.650. The van der Waals surface area contributed by atoms with Gasteiger partial charge in [-0.3, -0.25) is 19.7 Å². The molecule has 3 aromatic heterocycles. The van der Waals surface area contributed by atoms with Gasteiger partial charge in [0.2, 0.25) is 0 Å². The number of pyridine rings is 3. The second-order valence-corrected chi connectivity index (χ2v) is 5.90. The molecule has 0 aliphatic heterocycles. The summed E-state index contributed by atoms with van der Waals surface area (Å²) in [6, 6.07) is 17.1. The lowest BCUT2D eigenvalue weighted by molar-refractivity contribution is -0.136. The normalized spacial score (nSPS) is 11.8. The highest BCUT2D eigenvalue weighted by molar-refractivity contribution is 5.69. The van der Waals surface area contributed by atoms with E-state index in [4.69, 9.17) is 5.11 Å². The van der Waals surface area contributed by atoms with Gasteiger partial charge in [0.1, 0.15) is 0 Å². The van der Waals surface area contributed by atoms with Gasteiger partial charge in [-0.05, 0) is 36.4 Å². The van der Waals surface area contributed by atoms with E-state index in [1.54, 1.807) is 18.5 Å². The summed E-state index contributed by atoms with van der Waals surface area (Å²) < 4.78 is 0. The van der Waals surface area contributed by atoms with Gasteiger partial charge >= 0.3 is 5.97 Å². The molecule has 0 aliphatic rings. The zero-order valence-corrected chi connectivity index (χ0v) is 14.2. The minimum absolute atomic E-state index is 0.0176. The summed E-state index contributed by atoms with van der Waals surface area (Å²) in [6.45, 7) is 0.515. The van der Waals surface area contributed by atoms with E-state index in [0.717, 1.165) is 17.1 Å². The number of hydrogen-bond acceptors (Lipinski definition) is 5. The Bertz CT molecular complexity index is 841. The Labute approximate surface area is 152 Å². The molecule has 0 saturated heterocycles. The molecular formula is C20H20N4O2. The second kappa shape index (κ2) is 8.82. The van der Waals surface area contributed by atoms with Crippen LogP contribution in [-0.2, 0) is 24.2 Å². The molecule has 3 rings (SSSR count). The third-order valence-electron chi connectivity index (χ3n) is 3.91. The number of aromatic nitrogens is 3. The van der Waals surface area contributed by atoms with Gasteiger partial charge in [-0.15, -0.1) is 0 Å². The third-order valence-corrected chi connectivity index (χ3v) is 3.91. The molecule has 0 saturated carbocycles. The van der Waals surface area contributed by atoms with Crippen molar-refractivity contribution in [2.75, 3.05) is 0 Å². The molecule has 2 N–H and O–H groups in total. The van der Waals surface area contributed by atoms with E-state index < -0.39 is 5.97 Å². The van der Waals surface area contributed by atoms with Gasteiger partial charge < -0.3 is 10.4 Å². The van der Waals surface area contributed by atoms with Crippen molar-refractivity contribution in [2.24, 2.45) is 0 Å². The van der Waals surface area contributed by atoms with Crippen LogP contribution in [0.1, 0.15) is 28.8 Å². The predicted octanol–water partition coefficient (Wildman–Crippen LogP) is 2.57. The summed E-state index contributed by atoms with van der Waals surface area (Å²) in [5, 5.41) is 12.4. The van der Waals surface area contributed by atoms with Crippen molar-refractivity contribution < 1.29 is 9.90 Å². The molecule has 6 heteroatoms. The highest BCUT2D eigenvalue weighted by Gasteiger charge is 2.14. The molecule has 0 amide bonds. The average molecular weight is 348 g/mol. The minimum atomic E-state index is -0.885. The standard InChI is InChI=1S/C20H20N4O2/c25-20(26)13-16-7-5-8-17(24-16)14-23-19(18-9-2-4-11-22-18)12-15-6-1-3-10-21-15/h1-11,19,23H,12-14H2,(H,25,26). The first-order valence-electron chi connectivity index (χ1n) is 8.41. The van der Waals surface area contributed by atoms with Gasteiger partial charge in [0.15, 0.2) is 0 Å². The summed E-state index contributed by atoms with van der Waals surface area (Å²) in [4.78, 5) is 24.1. The van der Waals surface area contributed by atoms with Crippen LogP contribution in [0.25, 0.3) is 0 Å². The SMILES string of the molecule is O=C(O)Cc1cccc(CNC(Cc2ccccn2)c2ccccn2)n1. The fraction of sp³-hybridized carbons (Fsp3) is 0.200. The van der Waals surface area contributed by atoms with Crippen LogP contribution in [0.4, 0.5) is 0 Å². The first-order chi connectivity index (χ1) is 12.7.